The third-order valence-corrected chi connectivity index (χ3v) is 5.33. The maximum atomic E-state index is 12.6. The zero-order valence-electron chi connectivity index (χ0n) is 15.0. The molecule has 0 saturated heterocycles. The normalized spacial score (nSPS) is 12.1. The molecule has 0 saturated carbocycles. The SMILES string of the molecule is COCCn1c(=NC(=O)c2cccc(C)c2)sc2c(C)cc(C)cc21. The largest absolute Gasteiger partial charge is 0.383 e. The van der Waals surface area contributed by atoms with Crippen LogP contribution in [0.25, 0.3) is 10.2 Å². The van der Waals surface area contributed by atoms with Crippen LogP contribution in [0, 0.1) is 20.8 Å². The van der Waals surface area contributed by atoms with E-state index in [9.17, 15) is 4.79 Å². The molecular formula is C20H22N2O2S. The molecule has 5 heteroatoms. The second-order valence-electron chi connectivity index (χ2n) is 6.25. The fraction of sp³-hybridized carbons (Fsp3) is 0.300. The van der Waals surface area contributed by atoms with Crippen molar-refractivity contribution in [2.24, 2.45) is 4.99 Å². The summed E-state index contributed by atoms with van der Waals surface area (Å²) < 4.78 is 8.49. The fourth-order valence-corrected chi connectivity index (χ4v) is 4.03. The quantitative estimate of drug-likeness (QED) is 0.710. The van der Waals surface area contributed by atoms with Crippen LogP contribution in [0.4, 0.5) is 0 Å². The Hall–Kier alpha value is -2.24. The molecule has 0 aliphatic rings. The molecule has 2 aromatic carbocycles. The van der Waals surface area contributed by atoms with Gasteiger partial charge in [-0.15, -0.1) is 0 Å². The van der Waals surface area contributed by atoms with Crippen LogP contribution in [0.2, 0.25) is 0 Å². The van der Waals surface area contributed by atoms with Gasteiger partial charge in [0, 0.05) is 19.2 Å². The molecule has 1 aromatic heterocycles. The second-order valence-corrected chi connectivity index (χ2v) is 7.22. The third-order valence-electron chi connectivity index (χ3n) is 4.10. The smallest absolute Gasteiger partial charge is 0.279 e. The van der Waals surface area contributed by atoms with E-state index >= 15 is 0 Å². The Balaban J connectivity index is 2.17. The van der Waals surface area contributed by atoms with Gasteiger partial charge < -0.3 is 9.30 Å². The zero-order valence-corrected chi connectivity index (χ0v) is 15.8. The van der Waals surface area contributed by atoms with E-state index in [0.29, 0.717) is 23.5 Å². The highest BCUT2D eigenvalue weighted by Gasteiger charge is 2.11. The van der Waals surface area contributed by atoms with Crippen molar-refractivity contribution in [2.75, 3.05) is 13.7 Å². The summed E-state index contributed by atoms with van der Waals surface area (Å²) in [5.74, 6) is -0.212. The van der Waals surface area contributed by atoms with Gasteiger partial charge in [-0.3, -0.25) is 4.79 Å². The maximum Gasteiger partial charge on any atom is 0.279 e. The van der Waals surface area contributed by atoms with Crippen LogP contribution in [0.1, 0.15) is 27.0 Å². The van der Waals surface area contributed by atoms with Crippen LogP contribution in [-0.2, 0) is 11.3 Å². The lowest BCUT2D eigenvalue weighted by Gasteiger charge is -2.06. The van der Waals surface area contributed by atoms with Gasteiger partial charge in [0.05, 0.1) is 16.8 Å². The molecule has 0 aliphatic heterocycles. The molecule has 25 heavy (non-hydrogen) atoms. The van der Waals surface area contributed by atoms with E-state index in [0.717, 1.165) is 15.8 Å². The Kier molecular flexibility index (Phi) is 5.16. The molecular weight excluding hydrogens is 332 g/mol. The average Bonchev–Trinajstić information content (AvgIpc) is 2.90. The summed E-state index contributed by atoms with van der Waals surface area (Å²) in [7, 11) is 1.68. The molecule has 130 valence electrons. The predicted octanol–water partition coefficient (Wildman–Crippen LogP) is 4.02. The second kappa shape index (κ2) is 7.33. The van der Waals surface area contributed by atoms with Crippen LogP contribution < -0.4 is 4.80 Å². The molecule has 1 amide bonds. The minimum atomic E-state index is -0.212. The van der Waals surface area contributed by atoms with Crippen molar-refractivity contribution >= 4 is 27.5 Å². The van der Waals surface area contributed by atoms with Gasteiger partial charge in [-0.2, -0.15) is 4.99 Å². The van der Waals surface area contributed by atoms with Crippen LogP contribution in [0.5, 0.6) is 0 Å². The number of methoxy groups -OCH3 is 1. The minimum absolute atomic E-state index is 0.212. The van der Waals surface area contributed by atoms with Crippen LogP contribution in [0.3, 0.4) is 0 Å². The van der Waals surface area contributed by atoms with E-state index in [1.54, 1.807) is 24.5 Å². The number of aromatic nitrogens is 1. The first-order chi connectivity index (χ1) is 12.0. The molecule has 1 heterocycles. The number of amides is 1. The Morgan fingerprint density at radius 1 is 1.16 bits per heavy atom. The van der Waals surface area contributed by atoms with E-state index in [2.05, 4.69) is 35.5 Å². The Bertz CT molecular complexity index is 999. The number of hydrogen-bond acceptors (Lipinski definition) is 3. The number of nitrogens with zero attached hydrogens (tertiary/aromatic N) is 2. The standard InChI is InChI=1S/C20H22N2O2S/c1-13-6-5-7-16(11-13)19(23)21-20-22(8-9-24-4)17-12-14(2)10-15(3)18(17)25-20/h5-7,10-12H,8-9H2,1-4H3. The summed E-state index contributed by atoms with van der Waals surface area (Å²) in [4.78, 5) is 17.7. The van der Waals surface area contributed by atoms with Crippen molar-refractivity contribution < 1.29 is 9.53 Å². The number of fused-ring (bicyclic) bond motifs is 1. The molecule has 0 atom stereocenters. The summed E-state index contributed by atoms with van der Waals surface area (Å²) in [5.41, 5.74) is 5.18. The lowest BCUT2D eigenvalue weighted by molar-refractivity contribution is 0.0997. The molecule has 0 bridgehead atoms. The first-order valence-corrected chi connectivity index (χ1v) is 9.06. The van der Waals surface area contributed by atoms with Gasteiger partial charge in [-0.25, -0.2) is 0 Å². The lowest BCUT2D eigenvalue weighted by atomic mass is 10.1. The maximum absolute atomic E-state index is 12.6. The highest BCUT2D eigenvalue weighted by Crippen LogP contribution is 2.23. The minimum Gasteiger partial charge on any atom is -0.383 e. The van der Waals surface area contributed by atoms with Crippen molar-refractivity contribution in [1.82, 2.24) is 4.57 Å². The van der Waals surface area contributed by atoms with E-state index in [4.69, 9.17) is 4.74 Å². The molecule has 0 fully saturated rings. The highest BCUT2D eigenvalue weighted by atomic mass is 32.1. The fourth-order valence-electron chi connectivity index (χ4n) is 2.93. The molecule has 0 spiro atoms. The number of benzene rings is 2. The van der Waals surface area contributed by atoms with E-state index in [1.165, 1.54) is 11.1 Å². The van der Waals surface area contributed by atoms with Gasteiger partial charge in [0.2, 0.25) is 0 Å². The average molecular weight is 354 g/mol. The summed E-state index contributed by atoms with van der Waals surface area (Å²) in [6.45, 7) is 7.39. The number of carbonyl (C=O) groups is 1. The van der Waals surface area contributed by atoms with Crippen molar-refractivity contribution in [3.8, 4) is 0 Å². The van der Waals surface area contributed by atoms with Crippen LogP contribution in [0.15, 0.2) is 41.4 Å². The molecule has 0 radical (unpaired) electrons. The number of ether oxygens (including phenoxy) is 1. The van der Waals surface area contributed by atoms with Gasteiger partial charge in [0.15, 0.2) is 4.80 Å². The Morgan fingerprint density at radius 2 is 1.96 bits per heavy atom. The van der Waals surface area contributed by atoms with Gasteiger partial charge in [-0.05, 0) is 50.1 Å². The Morgan fingerprint density at radius 3 is 2.68 bits per heavy atom. The van der Waals surface area contributed by atoms with Crippen molar-refractivity contribution in [3.05, 3.63) is 63.5 Å². The summed E-state index contributed by atoms with van der Waals surface area (Å²) in [6, 6.07) is 11.8. The topological polar surface area (TPSA) is 43.6 Å². The molecule has 0 N–H and O–H groups in total. The number of thiazole rings is 1. The molecule has 3 rings (SSSR count). The molecule has 4 nitrogen and oxygen atoms in total. The van der Waals surface area contributed by atoms with Crippen LogP contribution in [-0.4, -0.2) is 24.2 Å². The van der Waals surface area contributed by atoms with Gasteiger partial charge in [-0.1, -0.05) is 35.1 Å². The van der Waals surface area contributed by atoms with E-state index in [1.807, 2.05) is 25.1 Å². The lowest BCUT2D eigenvalue weighted by Crippen LogP contribution is -2.19. The predicted molar refractivity (Wildman–Crippen MR) is 102 cm³/mol. The summed E-state index contributed by atoms with van der Waals surface area (Å²) in [5, 5.41) is 0. The van der Waals surface area contributed by atoms with Gasteiger partial charge in [0.25, 0.3) is 5.91 Å². The monoisotopic (exact) mass is 354 g/mol. The van der Waals surface area contributed by atoms with Crippen LogP contribution >= 0.6 is 11.3 Å². The Labute approximate surface area is 151 Å². The molecule has 3 aromatic rings. The third kappa shape index (κ3) is 3.72. The zero-order chi connectivity index (χ0) is 18.0. The molecule has 0 aliphatic carbocycles. The molecule has 0 unspecified atom stereocenters. The van der Waals surface area contributed by atoms with E-state index in [-0.39, 0.29) is 5.91 Å². The number of hydrogen-bond donors (Lipinski definition) is 0. The number of aryl methyl sites for hydroxylation is 3. The van der Waals surface area contributed by atoms with Crippen molar-refractivity contribution in [3.63, 3.8) is 0 Å². The van der Waals surface area contributed by atoms with Crippen molar-refractivity contribution in [1.29, 1.82) is 0 Å². The van der Waals surface area contributed by atoms with Gasteiger partial charge >= 0.3 is 0 Å². The summed E-state index contributed by atoms with van der Waals surface area (Å²) >= 11 is 1.56. The van der Waals surface area contributed by atoms with Crippen molar-refractivity contribution in [2.45, 2.75) is 27.3 Å². The first kappa shape index (κ1) is 17.6. The van der Waals surface area contributed by atoms with Gasteiger partial charge in [0.1, 0.15) is 0 Å². The highest BCUT2D eigenvalue weighted by molar-refractivity contribution is 7.16. The number of carbonyl (C=O) groups excluding carboxylic acids is 1. The number of rotatable bonds is 4. The van der Waals surface area contributed by atoms with E-state index < -0.39 is 0 Å². The summed E-state index contributed by atoms with van der Waals surface area (Å²) in [6.07, 6.45) is 0. The first-order valence-electron chi connectivity index (χ1n) is 8.25.